The molecular formula is C16H19N3O3. The van der Waals surface area contributed by atoms with Gasteiger partial charge in [0.05, 0.1) is 11.6 Å². The molecule has 1 aliphatic heterocycles. The molecule has 0 saturated carbocycles. The van der Waals surface area contributed by atoms with Gasteiger partial charge in [-0.3, -0.25) is 4.79 Å². The highest BCUT2D eigenvalue weighted by Crippen LogP contribution is 2.19. The van der Waals surface area contributed by atoms with Crippen LogP contribution in [-0.2, 0) is 0 Å². The van der Waals surface area contributed by atoms with E-state index in [1.54, 1.807) is 36.2 Å². The first kappa shape index (κ1) is 15.8. The second-order valence-electron chi connectivity index (χ2n) is 5.59. The van der Waals surface area contributed by atoms with E-state index in [4.69, 9.17) is 10.4 Å². The van der Waals surface area contributed by atoms with E-state index in [9.17, 15) is 9.59 Å². The molecular weight excluding hydrogens is 282 g/mol. The number of benzene rings is 1. The Hall–Kier alpha value is -2.55. The van der Waals surface area contributed by atoms with E-state index in [2.05, 4.69) is 0 Å². The van der Waals surface area contributed by atoms with Crippen LogP contribution in [0.15, 0.2) is 24.3 Å². The Labute approximate surface area is 129 Å². The molecule has 1 fully saturated rings. The quantitative estimate of drug-likeness (QED) is 0.925. The average molecular weight is 301 g/mol. The van der Waals surface area contributed by atoms with Crippen molar-refractivity contribution >= 4 is 12.0 Å². The SMILES string of the molecule is CN(CC1CCN(C(=O)O)CC1)C(=O)c1ccc(C#N)cc1. The molecule has 1 saturated heterocycles. The van der Waals surface area contributed by atoms with E-state index in [0.29, 0.717) is 36.7 Å². The maximum absolute atomic E-state index is 12.3. The highest BCUT2D eigenvalue weighted by Gasteiger charge is 2.24. The van der Waals surface area contributed by atoms with Crippen LogP contribution in [0.2, 0.25) is 0 Å². The second kappa shape index (κ2) is 6.94. The lowest BCUT2D eigenvalue weighted by atomic mass is 9.96. The summed E-state index contributed by atoms with van der Waals surface area (Å²) < 4.78 is 0. The summed E-state index contributed by atoms with van der Waals surface area (Å²) in [6.45, 7) is 1.67. The number of hydrogen-bond donors (Lipinski definition) is 1. The van der Waals surface area contributed by atoms with Crippen molar-refractivity contribution in [2.24, 2.45) is 5.92 Å². The molecule has 0 spiro atoms. The smallest absolute Gasteiger partial charge is 0.407 e. The number of rotatable bonds is 3. The molecule has 6 heteroatoms. The Bertz CT molecular complexity index is 584. The van der Waals surface area contributed by atoms with Crippen molar-refractivity contribution in [3.05, 3.63) is 35.4 Å². The van der Waals surface area contributed by atoms with Crippen LogP contribution in [0.1, 0.15) is 28.8 Å². The largest absolute Gasteiger partial charge is 0.465 e. The highest BCUT2D eigenvalue weighted by molar-refractivity contribution is 5.94. The van der Waals surface area contributed by atoms with Crippen molar-refractivity contribution in [3.63, 3.8) is 0 Å². The third-order valence-electron chi connectivity index (χ3n) is 4.02. The summed E-state index contributed by atoms with van der Waals surface area (Å²) in [5.74, 6) is 0.244. The van der Waals surface area contributed by atoms with Gasteiger partial charge in [0.2, 0.25) is 0 Å². The van der Waals surface area contributed by atoms with Gasteiger partial charge in [-0.05, 0) is 43.0 Å². The average Bonchev–Trinajstić information content (AvgIpc) is 2.54. The number of piperidine rings is 1. The van der Waals surface area contributed by atoms with Crippen LogP contribution in [0.3, 0.4) is 0 Å². The molecule has 0 aliphatic carbocycles. The van der Waals surface area contributed by atoms with E-state index < -0.39 is 6.09 Å². The molecule has 1 heterocycles. The maximum Gasteiger partial charge on any atom is 0.407 e. The number of hydrogen-bond acceptors (Lipinski definition) is 3. The van der Waals surface area contributed by atoms with Crippen molar-refractivity contribution in [2.45, 2.75) is 12.8 Å². The zero-order valence-corrected chi connectivity index (χ0v) is 12.5. The van der Waals surface area contributed by atoms with Gasteiger partial charge in [-0.25, -0.2) is 4.79 Å². The number of carbonyl (C=O) groups excluding carboxylic acids is 1. The predicted molar refractivity (Wildman–Crippen MR) is 80.4 cm³/mol. The van der Waals surface area contributed by atoms with Gasteiger partial charge in [0.15, 0.2) is 0 Å². The van der Waals surface area contributed by atoms with Gasteiger partial charge in [-0.2, -0.15) is 5.26 Å². The van der Waals surface area contributed by atoms with Crippen LogP contribution < -0.4 is 0 Å². The number of carboxylic acid groups (broad SMARTS) is 1. The number of carbonyl (C=O) groups is 2. The zero-order chi connectivity index (χ0) is 16.1. The van der Waals surface area contributed by atoms with E-state index in [1.165, 1.54) is 4.90 Å². The zero-order valence-electron chi connectivity index (χ0n) is 12.5. The standard InChI is InChI=1S/C16H19N3O3/c1-18(11-13-6-8-19(9-7-13)16(21)22)15(20)14-4-2-12(10-17)3-5-14/h2-5,13H,6-9,11H2,1H3,(H,21,22). The minimum Gasteiger partial charge on any atom is -0.465 e. The molecule has 6 nitrogen and oxygen atoms in total. The van der Waals surface area contributed by atoms with Crippen molar-refractivity contribution in [2.75, 3.05) is 26.7 Å². The molecule has 0 radical (unpaired) electrons. The first-order valence-electron chi connectivity index (χ1n) is 7.24. The van der Waals surface area contributed by atoms with Crippen LogP contribution in [0.5, 0.6) is 0 Å². The highest BCUT2D eigenvalue weighted by atomic mass is 16.4. The normalized spacial score (nSPS) is 15.2. The van der Waals surface area contributed by atoms with Crippen molar-refractivity contribution < 1.29 is 14.7 Å². The second-order valence-corrected chi connectivity index (χ2v) is 5.59. The number of nitriles is 1. The van der Waals surface area contributed by atoms with E-state index in [1.807, 2.05) is 6.07 Å². The molecule has 0 unspecified atom stereocenters. The summed E-state index contributed by atoms with van der Waals surface area (Å²) in [4.78, 5) is 26.3. The summed E-state index contributed by atoms with van der Waals surface area (Å²) in [5, 5.41) is 17.7. The maximum atomic E-state index is 12.3. The molecule has 1 aromatic rings. The molecule has 1 N–H and O–H groups in total. The van der Waals surface area contributed by atoms with Gasteiger partial charge < -0.3 is 14.9 Å². The summed E-state index contributed by atoms with van der Waals surface area (Å²) >= 11 is 0. The molecule has 0 aromatic heterocycles. The first-order chi connectivity index (χ1) is 10.5. The Morgan fingerprint density at radius 1 is 1.32 bits per heavy atom. The van der Waals surface area contributed by atoms with Crippen molar-refractivity contribution in [3.8, 4) is 6.07 Å². The fourth-order valence-electron chi connectivity index (χ4n) is 2.68. The van der Waals surface area contributed by atoms with Crippen molar-refractivity contribution in [1.82, 2.24) is 9.80 Å². The van der Waals surface area contributed by atoms with Gasteiger partial charge in [0.1, 0.15) is 0 Å². The lowest BCUT2D eigenvalue weighted by Gasteiger charge is -2.32. The van der Waals surface area contributed by atoms with Crippen LogP contribution in [-0.4, -0.2) is 53.6 Å². The monoisotopic (exact) mass is 301 g/mol. The molecule has 1 aliphatic rings. The van der Waals surface area contributed by atoms with E-state index in [0.717, 1.165) is 12.8 Å². The number of likely N-dealkylation sites (tertiary alicyclic amines) is 1. The van der Waals surface area contributed by atoms with Crippen LogP contribution in [0.25, 0.3) is 0 Å². The van der Waals surface area contributed by atoms with Gasteiger partial charge in [0, 0.05) is 32.2 Å². The molecule has 0 atom stereocenters. The Balaban J connectivity index is 1.89. The summed E-state index contributed by atoms with van der Waals surface area (Å²) in [5.41, 5.74) is 1.09. The molecule has 2 rings (SSSR count). The predicted octanol–water partition coefficient (Wildman–Crippen LogP) is 2.02. The topological polar surface area (TPSA) is 84.6 Å². The number of nitrogens with zero attached hydrogens (tertiary/aromatic N) is 3. The van der Waals surface area contributed by atoms with Gasteiger partial charge >= 0.3 is 6.09 Å². The Kier molecular flexibility index (Phi) is 4.99. The molecule has 0 bridgehead atoms. The third-order valence-corrected chi connectivity index (χ3v) is 4.02. The fourth-order valence-corrected chi connectivity index (χ4v) is 2.68. The van der Waals surface area contributed by atoms with Crippen LogP contribution >= 0.6 is 0 Å². The molecule has 22 heavy (non-hydrogen) atoms. The third kappa shape index (κ3) is 3.76. The first-order valence-corrected chi connectivity index (χ1v) is 7.24. The van der Waals surface area contributed by atoms with E-state index >= 15 is 0 Å². The summed E-state index contributed by atoms with van der Waals surface area (Å²) in [6.07, 6.45) is 0.676. The molecule has 1 aromatic carbocycles. The number of amides is 2. The van der Waals surface area contributed by atoms with Gasteiger partial charge in [0.25, 0.3) is 5.91 Å². The van der Waals surface area contributed by atoms with Crippen LogP contribution in [0.4, 0.5) is 4.79 Å². The van der Waals surface area contributed by atoms with E-state index in [-0.39, 0.29) is 5.91 Å². The minimum atomic E-state index is -0.875. The van der Waals surface area contributed by atoms with Crippen LogP contribution in [0, 0.1) is 17.2 Å². The Morgan fingerprint density at radius 2 is 1.91 bits per heavy atom. The molecule has 116 valence electrons. The van der Waals surface area contributed by atoms with Crippen molar-refractivity contribution in [1.29, 1.82) is 5.26 Å². The molecule has 2 amide bonds. The lowest BCUT2D eigenvalue weighted by molar-refractivity contribution is 0.0732. The van der Waals surface area contributed by atoms with Gasteiger partial charge in [-0.1, -0.05) is 0 Å². The van der Waals surface area contributed by atoms with Gasteiger partial charge in [-0.15, -0.1) is 0 Å². The summed E-state index contributed by atoms with van der Waals surface area (Å²) in [6, 6.07) is 8.60. The lowest BCUT2D eigenvalue weighted by Crippen LogP contribution is -2.41. The Morgan fingerprint density at radius 3 is 2.41 bits per heavy atom. The minimum absolute atomic E-state index is 0.0786. The summed E-state index contributed by atoms with van der Waals surface area (Å²) in [7, 11) is 1.75. The fraction of sp³-hybridized carbons (Fsp3) is 0.438.